The lowest BCUT2D eigenvalue weighted by Gasteiger charge is -2.08. The molecule has 1 heteroatoms. The number of nitrogens with zero attached hydrogens (tertiary/aromatic N) is 1. The Morgan fingerprint density at radius 1 is 0.800 bits per heavy atom. The zero-order valence-corrected chi connectivity index (χ0v) is 18.1. The number of benzene rings is 3. The molecule has 0 saturated carbocycles. The summed E-state index contributed by atoms with van der Waals surface area (Å²) in [5.74, 6) is 0. The predicted molar refractivity (Wildman–Crippen MR) is 133 cm³/mol. The smallest absolute Gasteiger partial charge is 0.0633 e. The van der Waals surface area contributed by atoms with Crippen molar-refractivity contribution in [2.24, 2.45) is 4.99 Å². The Kier molecular flexibility index (Phi) is 7.34. The van der Waals surface area contributed by atoms with E-state index in [-0.39, 0.29) is 0 Å². The van der Waals surface area contributed by atoms with Gasteiger partial charge in [0.15, 0.2) is 0 Å². The monoisotopic (exact) mass is 391 g/mol. The van der Waals surface area contributed by atoms with Crippen molar-refractivity contribution in [3.63, 3.8) is 0 Å². The molecule has 0 saturated heterocycles. The van der Waals surface area contributed by atoms with E-state index in [1.165, 1.54) is 22.3 Å². The third kappa shape index (κ3) is 5.33. The molecule has 0 aliphatic rings. The number of allylic oxidation sites excluding steroid dienone is 4. The Morgan fingerprint density at radius 2 is 1.37 bits per heavy atom. The van der Waals surface area contributed by atoms with Crippen molar-refractivity contribution in [1.82, 2.24) is 0 Å². The average Bonchev–Trinajstić information content (AvgIpc) is 2.79. The van der Waals surface area contributed by atoms with E-state index in [2.05, 4.69) is 105 Å². The van der Waals surface area contributed by atoms with E-state index in [1.54, 1.807) is 0 Å². The zero-order valence-electron chi connectivity index (χ0n) is 18.1. The Hall–Kier alpha value is -3.45. The van der Waals surface area contributed by atoms with Crippen molar-refractivity contribution in [2.75, 3.05) is 0 Å². The molecular weight excluding hydrogens is 362 g/mol. The molecule has 1 nitrogen and oxygen atoms in total. The molecule has 0 radical (unpaired) electrons. The minimum atomic E-state index is 0.775. The maximum Gasteiger partial charge on any atom is 0.0633 e. The van der Waals surface area contributed by atoms with Gasteiger partial charge < -0.3 is 0 Å². The van der Waals surface area contributed by atoms with Gasteiger partial charge in [-0.25, -0.2) is 0 Å². The molecule has 150 valence electrons. The van der Waals surface area contributed by atoms with Crippen LogP contribution in [0.2, 0.25) is 0 Å². The highest BCUT2D eigenvalue weighted by atomic mass is 14.7. The van der Waals surface area contributed by atoms with E-state index < -0.39 is 0 Å². The molecule has 30 heavy (non-hydrogen) atoms. The van der Waals surface area contributed by atoms with Gasteiger partial charge in [-0.15, -0.1) is 0 Å². The number of hydrogen-bond acceptors (Lipinski definition) is 1. The van der Waals surface area contributed by atoms with Gasteiger partial charge in [0.25, 0.3) is 0 Å². The first-order valence-electron chi connectivity index (χ1n) is 10.5. The number of hydrogen-bond donors (Lipinski definition) is 0. The lowest BCUT2D eigenvalue weighted by Crippen LogP contribution is -1.96. The quantitative estimate of drug-likeness (QED) is 0.284. The van der Waals surface area contributed by atoms with Gasteiger partial charge >= 0.3 is 0 Å². The van der Waals surface area contributed by atoms with Crippen molar-refractivity contribution < 1.29 is 0 Å². The highest BCUT2D eigenvalue weighted by Crippen LogP contribution is 2.23. The van der Waals surface area contributed by atoms with Crippen molar-refractivity contribution in [2.45, 2.75) is 27.2 Å². The molecule has 0 amide bonds. The van der Waals surface area contributed by atoms with Crippen molar-refractivity contribution >= 4 is 17.0 Å². The van der Waals surface area contributed by atoms with E-state index in [9.17, 15) is 0 Å². The Bertz CT molecular complexity index is 1060. The van der Waals surface area contributed by atoms with Crippen LogP contribution in [0.4, 0.5) is 0 Å². The minimum absolute atomic E-state index is 0.775. The summed E-state index contributed by atoms with van der Waals surface area (Å²) in [4.78, 5) is 4.76. The van der Waals surface area contributed by atoms with Crippen LogP contribution in [-0.4, -0.2) is 5.71 Å². The number of aliphatic imine (C=N–C) groups is 1. The molecule has 3 rings (SSSR count). The van der Waals surface area contributed by atoms with Gasteiger partial charge in [-0.2, -0.15) is 0 Å². The van der Waals surface area contributed by atoms with E-state index in [0.29, 0.717) is 0 Å². The molecule has 0 aliphatic carbocycles. The molecule has 3 aromatic rings. The first-order chi connectivity index (χ1) is 14.6. The van der Waals surface area contributed by atoms with Gasteiger partial charge in [0.2, 0.25) is 0 Å². The third-order valence-electron chi connectivity index (χ3n) is 5.03. The summed E-state index contributed by atoms with van der Waals surface area (Å²) in [5, 5.41) is 0. The van der Waals surface area contributed by atoms with Crippen LogP contribution in [0.1, 0.15) is 43.9 Å². The van der Waals surface area contributed by atoms with Crippen LogP contribution in [0.5, 0.6) is 0 Å². The molecule has 0 fully saturated rings. The van der Waals surface area contributed by atoms with E-state index >= 15 is 0 Å². The summed E-state index contributed by atoms with van der Waals surface area (Å²) in [6, 6.07) is 27.4. The van der Waals surface area contributed by atoms with Gasteiger partial charge in [0, 0.05) is 5.71 Å². The highest BCUT2D eigenvalue weighted by molar-refractivity contribution is 6.01. The van der Waals surface area contributed by atoms with Crippen LogP contribution in [0.15, 0.2) is 109 Å². The summed E-state index contributed by atoms with van der Waals surface area (Å²) < 4.78 is 0. The molecule has 0 unspecified atom stereocenters. The Balaban J connectivity index is 1.76. The standard InChI is InChI=1S/C29H29N/c1-5-10-26(11-6-2)28-18-14-24(15-19-28)22(3)30-23(4)25-16-20-29(21-17-25)27-12-8-7-9-13-27/h5,7-21H,4,6H2,1-3H3/b10-5-,26-11+,30-22?. The fraction of sp³-hybridized carbons (Fsp3) is 0.138. The zero-order chi connectivity index (χ0) is 21.3. The molecule has 0 aromatic heterocycles. The first kappa shape index (κ1) is 21.3. The van der Waals surface area contributed by atoms with Crippen LogP contribution >= 0.6 is 0 Å². The molecule has 0 spiro atoms. The largest absolute Gasteiger partial charge is 0.253 e. The predicted octanol–water partition coefficient (Wildman–Crippen LogP) is 8.20. The van der Waals surface area contributed by atoms with Crippen LogP contribution in [-0.2, 0) is 0 Å². The topological polar surface area (TPSA) is 12.4 Å². The van der Waals surface area contributed by atoms with Crippen molar-refractivity contribution in [1.29, 1.82) is 0 Å². The SMILES string of the molecule is C=C(N=C(C)c1ccc(C(/C=C\C)=C/CC)cc1)c1ccc(-c2ccccc2)cc1. The second-order valence-corrected chi connectivity index (χ2v) is 7.23. The van der Waals surface area contributed by atoms with E-state index in [1.807, 2.05) is 19.9 Å². The maximum absolute atomic E-state index is 4.76. The molecule has 3 aromatic carbocycles. The summed E-state index contributed by atoms with van der Waals surface area (Å²) in [5.41, 5.74) is 8.77. The molecule has 0 aliphatic heterocycles. The van der Waals surface area contributed by atoms with Gasteiger partial charge in [0.1, 0.15) is 0 Å². The first-order valence-corrected chi connectivity index (χ1v) is 10.5. The van der Waals surface area contributed by atoms with E-state index in [4.69, 9.17) is 4.99 Å². The molecule has 0 bridgehead atoms. The van der Waals surface area contributed by atoms with Crippen LogP contribution in [0.3, 0.4) is 0 Å². The second kappa shape index (κ2) is 10.4. The van der Waals surface area contributed by atoms with E-state index in [0.717, 1.165) is 29.0 Å². The summed E-state index contributed by atoms with van der Waals surface area (Å²) >= 11 is 0. The van der Waals surface area contributed by atoms with Crippen molar-refractivity contribution in [3.05, 3.63) is 120 Å². The Labute approximate surface area is 180 Å². The van der Waals surface area contributed by atoms with Gasteiger partial charge in [-0.1, -0.05) is 111 Å². The van der Waals surface area contributed by atoms with Crippen LogP contribution in [0, 0.1) is 0 Å². The molecule has 0 atom stereocenters. The van der Waals surface area contributed by atoms with Crippen molar-refractivity contribution in [3.8, 4) is 11.1 Å². The number of rotatable bonds is 7. The van der Waals surface area contributed by atoms with Gasteiger partial charge in [-0.3, -0.25) is 4.99 Å². The van der Waals surface area contributed by atoms with Gasteiger partial charge in [-0.05, 0) is 53.7 Å². The summed E-state index contributed by atoms with van der Waals surface area (Å²) in [7, 11) is 0. The average molecular weight is 392 g/mol. The molecule has 0 N–H and O–H groups in total. The summed E-state index contributed by atoms with van der Waals surface area (Å²) in [6.07, 6.45) is 7.50. The highest BCUT2D eigenvalue weighted by Gasteiger charge is 2.04. The third-order valence-corrected chi connectivity index (χ3v) is 5.03. The normalized spacial score (nSPS) is 12.4. The van der Waals surface area contributed by atoms with Crippen LogP contribution in [0.25, 0.3) is 22.4 Å². The lowest BCUT2D eigenvalue weighted by molar-refractivity contribution is 1.23. The molecule has 0 heterocycles. The summed E-state index contributed by atoms with van der Waals surface area (Å²) in [6.45, 7) is 10.4. The Morgan fingerprint density at radius 3 is 1.97 bits per heavy atom. The fourth-order valence-corrected chi connectivity index (χ4v) is 3.40. The fourth-order valence-electron chi connectivity index (χ4n) is 3.40. The minimum Gasteiger partial charge on any atom is -0.253 e. The molecular formula is C29H29N. The van der Waals surface area contributed by atoms with Crippen LogP contribution < -0.4 is 0 Å². The second-order valence-electron chi connectivity index (χ2n) is 7.23. The van der Waals surface area contributed by atoms with Gasteiger partial charge in [0.05, 0.1) is 5.70 Å². The maximum atomic E-state index is 4.76. The lowest BCUT2D eigenvalue weighted by atomic mass is 10.0.